The number of nitrogens with zero attached hydrogens (tertiary/aromatic N) is 1. The number of anilines is 1. The number of benzene rings is 1. The van der Waals surface area contributed by atoms with Crippen LogP contribution in [-0.4, -0.2) is 30.8 Å². The fraction of sp³-hybridized carbons (Fsp3) is 0.462. The van der Waals surface area contributed by atoms with Crippen molar-refractivity contribution < 1.29 is 18.3 Å². The van der Waals surface area contributed by atoms with Crippen molar-refractivity contribution in [2.45, 2.75) is 31.9 Å². The van der Waals surface area contributed by atoms with Gasteiger partial charge in [-0.25, -0.2) is 13.2 Å². The number of rotatable bonds is 2. The first-order chi connectivity index (χ1) is 8.64. The Balaban J connectivity index is 2.53. The zero-order chi connectivity index (χ0) is 14.4. The summed E-state index contributed by atoms with van der Waals surface area (Å²) in [7, 11) is -3.49. The third kappa shape index (κ3) is 2.20. The van der Waals surface area contributed by atoms with Gasteiger partial charge in [0, 0.05) is 6.54 Å². The Kier molecular flexibility index (Phi) is 3.09. The summed E-state index contributed by atoms with van der Waals surface area (Å²) in [5.74, 6) is -1.05. The molecule has 1 heterocycles. The highest BCUT2D eigenvalue weighted by Crippen LogP contribution is 2.35. The molecular formula is C13H17NO4S. The highest BCUT2D eigenvalue weighted by molar-refractivity contribution is 7.94. The fourth-order valence-electron chi connectivity index (χ4n) is 2.06. The molecule has 0 radical (unpaired) electrons. The first-order valence-corrected chi connectivity index (χ1v) is 7.47. The minimum absolute atomic E-state index is 0.106. The van der Waals surface area contributed by atoms with E-state index in [0.717, 1.165) is 5.56 Å². The van der Waals surface area contributed by atoms with Crippen LogP contribution in [0.25, 0.3) is 0 Å². The van der Waals surface area contributed by atoms with E-state index in [9.17, 15) is 13.2 Å². The number of carboxylic acid groups (broad SMARTS) is 1. The third-order valence-corrected chi connectivity index (χ3v) is 5.76. The van der Waals surface area contributed by atoms with E-state index in [2.05, 4.69) is 0 Å². The van der Waals surface area contributed by atoms with Crippen LogP contribution < -0.4 is 4.31 Å². The standard InChI is InChI=1S/C13H17NO4S/c1-13(2,3)19(17,18)14-7-6-9-4-5-10(12(15)16)8-11(9)14/h4-5,8H,6-7H2,1-3H3,(H,15,16). The molecule has 0 saturated heterocycles. The Labute approximate surface area is 112 Å². The van der Waals surface area contributed by atoms with Gasteiger partial charge < -0.3 is 5.11 Å². The summed E-state index contributed by atoms with van der Waals surface area (Å²) in [5.41, 5.74) is 1.47. The van der Waals surface area contributed by atoms with Gasteiger partial charge in [0.25, 0.3) is 0 Å². The molecule has 2 rings (SSSR count). The maximum atomic E-state index is 12.5. The lowest BCUT2D eigenvalue weighted by Crippen LogP contribution is -2.42. The van der Waals surface area contributed by atoms with Crippen molar-refractivity contribution in [1.29, 1.82) is 0 Å². The lowest BCUT2D eigenvalue weighted by atomic mass is 10.1. The molecule has 1 N–H and O–H groups in total. The van der Waals surface area contributed by atoms with Gasteiger partial charge in [0.15, 0.2) is 0 Å². The van der Waals surface area contributed by atoms with Crippen LogP contribution in [0.1, 0.15) is 36.7 Å². The molecule has 1 aromatic carbocycles. The van der Waals surface area contributed by atoms with E-state index >= 15 is 0 Å². The lowest BCUT2D eigenvalue weighted by Gasteiger charge is -2.28. The Morgan fingerprint density at radius 2 is 1.95 bits per heavy atom. The van der Waals surface area contributed by atoms with Crippen molar-refractivity contribution >= 4 is 21.7 Å². The molecule has 6 heteroatoms. The van der Waals surface area contributed by atoms with Crippen LogP contribution in [0.3, 0.4) is 0 Å². The maximum absolute atomic E-state index is 12.5. The molecule has 1 aromatic rings. The van der Waals surface area contributed by atoms with Crippen molar-refractivity contribution in [2.75, 3.05) is 10.8 Å². The van der Waals surface area contributed by atoms with Crippen molar-refractivity contribution in [3.8, 4) is 0 Å². The normalized spacial score (nSPS) is 15.4. The highest BCUT2D eigenvalue weighted by Gasteiger charge is 2.38. The Morgan fingerprint density at radius 1 is 1.32 bits per heavy atom. The summed E-state index contributed by atoms with van der Waals surface area (Å²) in [5, 5.41) is 9.00. The van der Waals surface area contributed by atoms with Crippen LogP contribution in [0.5, 0.6) is 0 Å². The van der Waals surface area contributed by atoms with E-state index < -0.39 is 20.7 Å². The summed E-state index contributed by atoms with van der Waals surface area (Å²) in [6.45, 7) is 5.29. The van der Waals surface area contributed by atoms with Gasteiger partial charge in [-0.15, -0.1) is 0 Å². The van der Waals surface area contributed by atoms with Crippen LogP contribution in [-0.2, 0) is 16.4 Å². The van der Waals surface area contributed by atoms with Gasteiger partial charge in [-0.1, -0.05) is 6.07 Å². The van der Waals surface area contributed by atoms with Crippen LogP contribution in [0, 0.1) is 0 Å². The monoisotopic (exact) mass is 283 g/mol. The fourth-order valence-corrected chi connectivity index (χ4v) is 3.48. The van der Waals surface area contributed by atoms with Crippen molar-refractivity contribution in [3.05, 3.63) is 29.3 Å². The molecule has 19 heavy (non-hydrogen) atoms. The van der Waals surface area contributed by atoms with Crippen molar-refractivity contribution in [2.24, 2.45) is 0 Å². The summed E-state index contributed by atoms with van der Waals surface area (Å²) >= 11 is 0. The first-order valence-electron chi connectivity index (χ1n) is 6.03. The smallest absolute Gasteiger partial charge is 0.335 e. The number of hydrogen-bond donors (Lipinski definition) is 1. The second-order valence-electron chi connectivity index (χ2n) is 5.59. The van der Waals surface area contributed by atoms with E-state index in [0.29, 0.717) is 18.7 Å². The van der Waals surface area contributed by atoms with E-state index in [1.165, 1.54) is 16.4 Å². The Bertz CT molecular complexity index is 629. The summed E-state index contributed by atoms with van der Waals surface area (Å²) in [6.07, 6.45) is 0.616. The molecule has 0 saturated carbocycles. The van der Waals surface area contributed by atoms with Crippen molar-refractivity contribution in [3.63, 3.8) is 0 Å². The second kappa shape index (κ2) is 4.23. The molecule has 0 atom stereocenters. The third-order valence-electron chi connectivity index (χ3n) is 3.25. The molecule has 0 amide bonds. The predicted molar refractivity (Wildman–Crippen MR) is 73.1 cm³/mol. The molecule has 0 bridgehead atoms. The quantitative estimate of drug-likeness (QED) is 0.899. The summed E-state index contributed by atoms with van der Waals surface area (Å²) in [4.78, 5) is 11.0. The van der Waals surface area contributed by atoms with Gasteiger partial charge in [0.1, 0.15) is 0 Å². The lowest BCUT2D eigenvalue weighted by molar-refractivity contribution is 0.0697. The van der Waals surface area contributed by atoms with Crippen LogP contribution in [0.2, 0.25) is 0 Å². The molecule has 0 unspecified atom stereocenters. The SMILES string of the molecule is CC(C)(C)S(=O)(=O)N1CCc2ccc(C(=O)O)cc21. The summed E-state index contributed by atoms with van der Waals surface area (Å²) < 4.78 is 25.4. The zero-order valence-electron chi connectivity index (χ0n) is 11.2. The van der Waals surface area contributed by atoms with E-state index in [1.807, 2.05) is 0 Å². The molecular weight excluding hydrogens is 266 g/mol. The Morgan fingerprint density at radius 3 is 2.47 bits per heavy atom. The molecule has 104 valence electrons. The van der Waals surface area contributed by atoms with Gasteiger partial charge in [0.05, 0.1) is 16.0 Å². The molecule has 0 spiro atoms. The first kappa shape index (κ1) is 13.9. The molecule has 1 aliphatic heterocycles. The predicted octanol–water partition coefficient (Wildman–Crippen LogP) is 1.88. The highest BCUT2D eigenvalue weighted by atomic mass is 32.2. The van der Waals surface area contributed by atoms with Crippen LogP contribution in [0.15, 0.2) is 18.2 Å². The van der Waals surface area contributed by atoms with Gasteiger partial charge in [-0.3, -0.25) is 4.31 Å². The molecule has 0 aliphatic carbocycles. The maximum Gasteiger partial charge on any atom is 0.335 e. The molecule has 0 fully saturated rings. The second-order valence-corrected chi connectivity index (χ2v) is 8.20. The number of carbonyl (C=O) groups is 1. The number of fused-ring (bicyclic) bond motifs is 1. The van der Waals surface area contributed by atoms with Crippen LogP contribution >= 0.6 is 0 Å². The average molecular weight is 283 g/mol. The average Bonchev–Trinajstić information content (AvgIpc) is 2.70. The van der Waals surface area contributed by atoms with Gasteiger partial charge in [0.2, 0.25) is 10.0 Å². The number of carboxylic acids is 1. The van der Waals surface area contributed by atoms with Crippen LogP contribution in [0.4, 0.5) is 5.69 Å². The molecule has 0 aromatic heterocycles. The van der Waals surface area contributed by atoms with Gasteiger partial charge >= 0.3 is 5.97 Å². The minimum Gasteiger partial charge on any atom is -0.478 e. The van der Waals surface area contributed by atoms with E-state index in [4.69, 9.17) is 5.11 Å². The minimum atomic E-state index is -3.49. The van der Waals surface area contributed by atoms with Gasteiger partial charge in [-0.2, -0.15) is 0 Å². The molecule has 1 aliphatic rings. The van der Waals surface area contributed by atoms with E-state index in [1.54, 1.807) is 26.8 Å². The number of hydrogen-bond acceptors (Lipinski definition) is 3. The zero-order valence-corrected chi connectivity index (χ0v) is 12.0. The van der Waals surface area contributed by atoms with E-state index in [-0.39, 0.29) is 5.56 Å². The largest absolute Gasteiger partial charge is 0.478 e. The molecule has 5 nitrogen and oxygen atoms in total. The van der Waals surface area contributed by atoms with Gasteiger partial charge in [-0.05, 0) is 44.9 Å². The summed E-state index contributed by atoms with van der Waals surface area (Å²) in [6, 6.07) is 4.64. The number of sulfonamides is 1. The van der Waals surface area contributed by atoms with Crippen molar-refractivity contribution in [1.82, 2.24) is 0 Å². The topological polar surface area (TPSA) is 74.7 Å². The number of aromatic carboxylic acids is 1. The Hall–Kier alpha value is -1.56.